The predicted molar refractivity (Wildman–Crippen MR) is 96.0 cm³/mol. The van der Waals surface area contributed by atoms with Crippen molar-refractivity contribution >= 4 is 45.8 Å². The lowest BCUT2D eigenvalue weighted by Crippen LogP contribution is -2.40. The van der Waals surface area contributed by atoms with Crippen molar-refractivity contribution in [3.8, 4) is 5.75 Å². The van der Waals surface area contributed by atoms with E-state index < -0.39 is 5.91 Å². The maximum absolute atomic E-state index is 12.9. The smallest absolute Gasteiger partial charge is 0.294 e. The third-order valence-electron chi connectivity index (χ3n) is 4.22. The number of carbonyl (C=O) groups excluding carboxylic acids is 1. The Balaban J connectivity index is 1.89. The second-order valence-corrected chi connectivity index (χ2v) is 6.54. The number of anilines is 1. The molecule has 5 nitrogen and oxygen atoms in total. The summed E-state index contributed by atoms with van der Waals surface area (Å²) < 4.78 is 5.69. The number of halogens is 2. The standard InChI is InChI=1S/C18H11Cl2NO4/c19-9-4-5-13(14(22)8-9)21-7-6-11-15(23)10-2-1-3-12(20)16(10)25-17(11)18(21)24/h1-5,8,22H,6-7H2. The first-order valence-electron chi connectivity index (χ1n) is 7.52. The minimum absolute atomic E-state index is 0.0498. The van der Waals surface area contributed by atoms with E-state index in [-0.39, 0.29) is 34.1 Å². The van der Waals surface area contributed by atoms with Gasteiger partial charge in [-0.3, -0.25) is 9.59 Å². The number of hydrogen-bond acceptors (Lipinski definition) is 4. The third-order valence-corrected chi connectivity index (χ3v) is 4.75. The van der Waals surface area contributed by atoms with Crippen molar-refractivity contribution in [2.45, 2.75) is 6.42 Å². The predicted octanol–water partition coefficient (Wildman–Crippen LogP) is 4.01. The third kappa shape index (κ3) is 2.47. The van der Waals surface area contributed by atoms with Gasteiger partial charge in [0, 0.05) is 17.6 Å². The molecular formula is C18H11Cl2NO4. The zero-order valence-corrected chi connectivity index (χ0v) is 14.3. The van der Waals surface area contributed by atoms with Crippen LogP contribution in [0, 0.1) is 0 Å². The number of nitrogens with zero attached hydrogens (tertiary/aromatic N) is 1. The number of aromatic hydroxyl groups is 1. The first kappa shape index (κ1) is 16.0. The quantitative estimate of drug-likeness (QED) is 0.697. The van der Waals surface area contributed by atoms with Crippen LogP contribution < -0.4 is 10.3 Å². The lowest BCUT2D eigenvalue weighted by atomic mass is 10.0. The topological polar surface area (TPSA) is 70.8 Å². The number of carbonyl (C=O) groups is 1. The molecular weight excluding hydrogens is 365 g/mol. The molecule has 7 heteroatoms. The minimum atomic E-state index is -0.502. The van der Waals surface area contributed by atoms with Crippen molar-refractivity contribution in [3.05, 3.63) is 68.0 Å². The molecule has 0 unspecified atom stereocenters. The number of hydrogen-bond donors (Lipinski definition) is 1. The fourth-order valence-electron chi connectivity index (χ4n) is 3.02. The Kier molecular flexibility index (Phi) is 3.71. The summed E-state index contributed by atoms with van der Waals surface area (Å²) in [5.41, 5.74) is 0.557. The first-order valence-corrected chi connectivity index (χ1v) is 8.27. The summed E-state index contributed by atoms with van der Waals surface area (Å²) in [4.78, 5) is 26.9. The van der Waals surface area contributed by atoms with Crippen LogP contribution in [0.5, 0.6) is 5.75 Å². The van der Waals surface area contributed by atoms with E-state index in [1.54, 1.807) is 30.3 Å². The molecule has 0 spiro atoms. The SMILES string of the molecule is O=C1c2oc3c(Cl)cccc3c(=O)c2CCN1c1ccc(Cl)cc1O. The van der Waals surface area contributed by atoms with Crippen molar-refractivity contribution < 1.29 is 14.3 Å². The van der Waals surface area contributed by atoms with Gasteiger partial charge in [0.1, 0.15) is 5.75 Å². The van der Waals surface area contributed by atoms with Crippen molar-refractivity contribution in [2.75, 3.05) is 11.4 Å². The molecule has 1 amide bonds. The van der Waals surface area contributed by atoms with Gasteiger partial charge in [0.2, 0.25) is 0 Å². The normalized spacial score (nSPS) is 14.0. The van der Waals surface area contributed by atoms with Crippen LogP contribution in [0.3, 0.4) is 0 Å². The molecule has 0 bridgehead atoms. The van der Waals surface area contributed by atoms with Crippen LogP contribution >= 0.6 is 23.2 Å². The molecule has 0 fully saturated rings. The van der Waals surface area contributed by atoms with Gasteiger partial charge in [-0.15, -0.1) is 0 Å². The highest BCUT2D eigenvalue weighted by molar-refractivity contribution is 6.34. The maximum Gasteiger partial charge on any atom is 0.294 e. The Morgan fingerprint density at radius 1 is 1.12 bits per heavy atom. The van der Waals surface area contributed by atoms with Gasteiger partial charge in [0.05, 0.1) is 21.7 Å². The van der Waals surface area contributed by atoms with Crippen LogP contribution in [0.2, 0.25) is 10.0 Å². The van der Waals surface area contributed by atoms with E-state index in [4.69, 9.17) is 27.6 Å². The monoisotopic (exact) mass is 375 g/mol. The van der Waals surface area contributed by atoms with E-state index in [0.29, 0.717) is 28.1 Å². The highest BCUT2D eigenvalue weighted by Crippen LogP contribution is 2.34. The van der Waals surface area contributed by atoms with Crippen molar-refractivity contribution in [1.29, 1.82) is 0 Å². The van der Waals surface area contributed by atoms with Crippen LogP contribution in [-0.2, 0) is 6.42 Å². The van der Waals surface area contributed by atoms with Gasteiger partial charge in [-0.05, 0) is 30.7 Å². The van der Waals surface area contributed by atoms with Gasteiger partial charge in [-0.1, -0.05) is 29.3 Å². The van der Waals surface area contributed by atoms with E-state index in [1.807, 2.05) is 0 Å². The fourth-order valence-corrected chi connectivity index (χ4v) is 3.40. The average Bonchev–Trinajstić information content (AvgIpc) is 2.58. The van der Waals surface area contributed by atoms with E-state index in [0.717, 1.165) is 0 Å². The van der Waals surface area contributed by atoms with E-state index >= 15 is 0 Å². The number of benzene rings is 2. The first-order chi connectivity index (χ1) is 12.0. The lowest BCUT2D eigenvalue weighted by Gasteiger charge is -2.28. The fraction of sp³-hybridized carbons (Fsp3) is 0.111. The van der Waals surface area contributed by atoms with E-state index in [1.165, 1.54) is 11.0 Å². The number of phenols is 1. The number of amides is 1. The largest absolute Gasteiger partial charge is 0.506 e. The number of para-hydroxylation sites is 1. The van der Waals surface area contributed by atoms with Gasteiger partial charge < -0.3 is 14.4 Å². The Hall–Kier alpha value is -2.50. The average molecular weight is 376 g/mol. The summed E-state index contributed by atoms with van der Waals surface area (Å²) in [6.07, 6.45) is 0.313. The summed E-state index contributed by atoms with van der Waals surface area (Å²) in [6, 6.07) is 9.36. The minimum Gasteiger partial charge on any atom is -0.506 e. The van der Waals surface area contributed by atoms with E-state index in [9.17, 15) is 14.7 Å². The Bertz CT molecular complexity index is 1090. The van der Waals surface area contributed by atoms with Gasteiger partial charge in [-0.2, -0.15) is 0 Å². The Morgan fingerprint density at radius 2 is 1.92 bits per heavy atom. The van der Waals surface area contributed by atoms with Crippen LogP contribution in [0.15, 0.2) is 45.6 Å². The molecule has 1 aliphatic rings. The van der Waals surface area contributed by atoms with Crippen LogP contribution in [0.4, 0.5) is 5.69 Å². The molecule has 126 valence electrons. The molecule has 0 aliphatic carbocycles. The van der Waals surface area contributed by atoms with Crippen LogP contribution in [0.25, 0.3) is 11.0 Å². The Morgan fingerprint density at radius 3 is 2.68 bits per heavy atom. The molecule has 2 aromatic carbocycles. The summed E-state index contributed by atoms with van der Waals surface area (Å²) in [5.74, 6) is -0.672. The van der Waals surface area contributed by atoms with Crippen LogP contribution in [0.1, 0.15) is 16.1 Å². The Labute approximate surface area is 152 Å². The molecule has 1 N–H and O–H groups in total. The summed E-state index contributed by atoms with van der Waals surface area (Å²) in [5, 5.41) is 11.1. The van der Waals surface area contributed by atoms with Gasteiger partial charge >= 0.3 is 0 Å². The molecule has 4 rings (SSSR count). The van der Waals surface area contributed by atoms with Crippen molar-refractivity contribution in [2.24, 2.45) is 0 Å². The second-order valence-electron chi connectivity index (χ2n) is 5.70. The molecule has 1 aliphatic heterocycles. The zero-order valence-electron chi connectivity index (χ0n) is 12.8. The highest BCUT2D eigenvalue weighted by Gasteiger charge is 2.32. The van der Waals surface area contributed by atoms with Gasteiger partial charge in [-0.25, -0.2) is 0 Å². The van der Waals surface area contributed by atoms with Gasteiger partial charge in [0.15, 0.2) is 16.8 Å². The van der Waals surface area contributed by atoms with Gasteiger partial charge in [0.25, 0.3) is 5.91 Å². The zero-order chi connectivity index (χ0) is 17.7. The number of rotatable bonds is 1. The second kappa shape index (κ2) is 5.79. The van der Waals surface area contributed by atoms with Crippen molar-refractivity contribution in [1.82, 2.24) is 0 Å². The highest BCUT2D eigenvalue weighted by atomic mass is 35.5. The number of phenolic OH excluding ortho intramolecular Hbond substituents is 1. The van der Waals surface area contributed by atoms with E-state index in [2.05, 4.69) is 0 Å². The van der Waals surface area contributed by atoms with Crippen LogP contribution in [-0.4, -0.2) is 17.6 Å². The summed E-state index contributed by atoms with van der Waals surface area (Å²) in [7, 11) is 0. The van der Waals surface area contributed by atoms with Crippen molar-refractivity contribution in [3.63, 3.8) is 0 Å². The molecule has 0 saturated heterocycles. The maximum atomic E-state index is 12.9. The molecule has 1 aromatic heterocycles. The molecule has 25 heavy (non-hydrogen) atoms. The molecule has 2 heterocycles. The summed E-state index contributed by atoms with van der Waals surface area (Å²) in [6.45, 7) is 0.248. The molecule has 0 saturated carbocycles. The molecule has 0 atom stereocenters. The lowest BCUT2D eigenvalue weighted by molar-refractivity contribution is 0.0951. The number of fused-ring (bicyclic) bond motifs is 2. The summed E-state index contributed by atoms with van der Waals surface area (Å²) >= 11 is 11.9. The molecule has 3 aromatic rings. The molecule has 0 radical (unpaired) electrons.